The van der Waals surface area contributed by atoms with Crippen molar-refractivity contribution < 1.29 is 26.7 Å². The van der Waals surface area contributed by atoms with Gasteiger partial charge in [-0.15, -0.1) is 0 Å². The van der Waals surface area contributed by atoms with E-state index in [0.717, 1.165) is 25.9 Å². The number of halogens is 5. The molecule has 2 aromatic carbocycles. The van der Waals surface area contributed by atoms with E-state index in [2.05, 4.69) is 4.90 Å². The molecule has 7 nitrogen and oxygen atoms in total. The smallest absolute Gasteiger partial charge is 0.331 e. The second-order valence-electron chi connectivity index (χ2n) is 8.75. The zero-order valence-electron chi connectivity index (χ0n) is 19.0. The van der Waals surface area contributed by atoms with Crippen molar-refractivity contribution in [2.24, 2.45) is 0 Å². The van der Waals surface area contributed by atoms with Gasteiger partial charge in [0.25, 0.3) is 10.0 Å². The van der Waals surface area contributed by atoms with E-state index in [4.69, 9.17) is 39.5 Å². The molecule has 13 heteroatoms. The summed E-state index contributed by atoms with van der Waals surface area (Å²) in [5, 5.41) is 0.369. The van der Waals surface area contributed by atoms with Gasteiger partial charge in [0.15, 0.2) is 0 Å². The number of urea groups is 1. The lowest BCUT2D eigenvalue weighted by molar-refractivity contribution is 0.0540. The monoisotopic (exact) mass is 581 g/mol. The number of benzene rings is 2. The van der Waals surface area contributed by atoms with Gasteiger partial charge in [-0.2, -0.15) is 0 Å². The highest BCUT2D eigenvalue weighted by Gasteiger charge is 2.32. The molecule has 0 radical (unpaired) electrons. The Morgan fingerprint density at radius 2 is 1.56 bits per heavy atom. The molecule has 2 aliphatic heterocycles. The van der Waals surface area contributed by atoms with E-state index in [-0.39, 0.29) is 12.1 Å². The molecular weight excluding hydrogens is 559 g/mol. The minimum atomic E-state index is -4.60. The zero-order chi connectivity index (χ0) is 26.0. The normalized spacial score (nSPS) is 18.3. The maximum atomic E-state index is 14.0. The molecule has 2 aromatic rings. The van der Waals surface area contributed by atoms with E-state index in [9.17, 15) is 22.0 Å². The molecule has 2 aliphatic rings. The number of likely N-dealkylation sites (tertiary alicyclic amines) is 2. The molecule has 0 spiro atoms. The number of hydrogen-bond acceptors (Lipinski definition) is 5. The van der Waals surface area contributed by atoms with E-state index >= 15 is 0 Å². The summed E-state index contributed by atoms with van der Waals surface area (Å²) in [7, 11) is -4.60. The molecule has 0 unspecified atom stereocenters. The summed E-state index contributed by atoms with van der Waals surface area (Å²) in [5.74, 6) is -1.66. The van der Waals surface area contributed by atoms with Crippen molar-refractivity contribution in [2.75, 3.05) is 26.2 Å². The van der Waals surface area contributed by atoms with Crippen LogP contribution in [-0.4, -0.2) is 62.6 Å². The molecule has 2 fully saturated rings. The van der Waals surface area contributed by atoms with Crippen LogP contribution in [0.1, 0.15) is 25.7 Å². The number of piperidine rings is 2. The Morgan fingerprint density at radius 3 is 2.19 bits per heavy atom. The molecule has 2 saturated heterocycles. The predicted molar refractivity (Wildman–Crippen MR) is 133 cm³/mol. The Morgan fingerprint density at radius 1 is 0.889 bits per heavy atom. The van der Waals surface area contributed by atoms with Gasteiger partial charge in [-0.25, -0.2) is 26.7 Å². The van der Waals surface area contributed by atoms with Gasteiger partial charge in [0.1, 0.15) is 28.4 Å². The number of carbonyl (C=O) groups excluding carboxylic acids is 1. The van der Waals surface area contributed by atoms with Gasteiger partial charge in [-0.05, 0) is 49.9 Å². The van der Waals surface area contributed by atoms with Crippen LogP contribution in [0.4, 0.5) is 13.6 Å². The van der Waals surface area contributed by atoms with Crippen molar-refractivity contribution in [1.29, 1.82) is 0 Å². The van der Waals surface area contributed by atoms with Crippen LogP contribution in [0.3, 0.4) is 0 Å². The van der Waals surface area contributed by atoms with Crippen LogP contribution < -0.4 is 9.46 Å². The first-order chi connectivity index (χ1) is 17.0. The Labute approximate surface area is 223 Å². The number of nitrogens with zero attached hydrogens (tertiary/aromatic N) is 2. The van der Waals surface area contributed by atoms with E-state index in [0.29, 0.717) is 53.9 Å². The van der Waals surface area contributed by atoms with Crippen molar-refractivity contribution in [3.63, 3.8) is 0 Å². The van der Waals surface area contributed by atoms with Crippen LogP contribution in [0, 0.1) is 11.6 Å². The van der Waals surface area contributed by atoms with Crippen LogP contribution in [0.5, 0.6) is 5.75 Å². The molecule has 0 aromatic heterocycles. The van der Waals surface area contributed by atoms with Crippen LogP contribution in [0.2, 0.25) is 15.1 Å². The third kappa shape index (κ3) is 6.34. The van der Waals surface area contributed by atoms with E-state index in [1.54, 1.807) is 18.2 Å². The third-order valence-electron chi connectivity index (χ3n) is 6.42. The van der Waals surface area contributed by atoms with Crippen LogP contribution >= 0.6 is 34.8 Å². The van der Waals surface area contributed by atoms with Gasteiger partial charge in [-0.3, -0.25) is 4.90 Å². The molecule has 0 aliphatic carbocycles. The second kappa shape index (κ2) is 11.3. The lowest BCUT2D eigenvalue weighted by Crippen LogP contribution is -2.52. The van der Waals surface area contributed by atoms with Gasteiger partial charge in [0, 0.05) is 38.3 Å². The largest absolute Gasteiger partial charge is 0.490 e. The van der Waals surface area contributed by atoms with E-state index in [1.165, 1.54) is 4.90 Å². The van der Waals surface area contributed by atoms with E-state index in [1.807, 2.05) is 4.72 Å². The highest BCUT2D eigenvalue weighted by Crippen LogP contribution is 2.29. The minimum Gasteiger partial charge on any atom is -0.490 e. The molecule has 4 rings (SSSR count). The fourth-order valence-electron chi connectivity index (χ4n) is 4.48. The Kier molecular flexibility index (Phi) is 8.51. The lowest BCUT2D eigenvalue weighted by Gasteiger charge is -2.41. The topological polar surface area (TPSA) is 79.0 Å². The molecule has 1 N–H and O–H groups in total. The van der Waals surface area contributed by atoms with Crippen molar-refractivity contribution in [1.82, 2.24) is 14.5 Å². The average molecular weight is 583 g/mol. The fourth-order valence-corrected chi connectivity index (χ4v) is 5.96. The van der Waals surface area contributed by atoms with E-state index < -0.39 is 37.6 Å². The zero-order valence-corrected chi connectivity index (χ0v) is 22.1. The SMILES string of the molecule is O=C(NS(=O)(=O)c1cc(F)c(Cl)cc1F)N1CCC(N2CCC(Oc3ccc(Cl)c(Cl)c3)CC2)CC1. The number of hydrogen-bond donors (Lipinski definition) is 1. The van der Waals surface area contributed by atoms with Crippen LogP contribution in [0.25, 0.3) is 0 Å². The van der Waals surface area contributed by atoms with Gasteiger partial charge in [0.2, 0.25) is 0 Å². The summed E-state index contributed by atoms with van der Waals surface area (Å²) in [6.07, 6.45) is 3.06. The molecular formula is C23H24Cl3F2N3O4S. The molecule has 196 valence electrons. The summed E-state index contributed by atoms with van der Waals surface area (Å²) >= 11 is 17.5. The van der Waals surface area contributed by atoms with Crippen molar-refractivity contribution >= 4 is 50.9 Å². The van der Waals surface area contributed by atoms with Crippen molar-refractivity contribution in [3.05, 3.63) is 57.0 Å². The number of amides is 2. The summed E-state index contributed by atoms with van der Waals surface area (Å²) in [6.45, 7) is 2.34. The third-order valence-corrected chi connectivity index (χ3v) is 8.79. The quantitative estimate of drug-likeness (QED) is 0.482. The molecule has 0 atom stereocenters. The number of carbonyl (C=O) groups is 1. The lowest BCUT2D eigenvalue weighted by atomic mass is 9.99. The first-order valence-corrected chi connectivity index (χ1v) is 14.0. The number of sulfonamides is 1. The van der Waals surface area contributed by atoms with Gasteiger partial charge < -0.3 is 9.64 Å². The highest BCUT2D eigenvalue weighted by atomic mass is 35.5. The van der Waals surface area contributed by atoms with Gasteiger partial charge in [0.05, 0.1) is 15.1 Å². The summed E-state index contributed by atoms with van der Waals surface area (Å²) < 4.78 is 60.4. The molecule has 2 heterocycles. The standard InChI is InChI=1S/C23H24Cl3F2N3O4S/c24-17-2-1-16(11-18(17)25)35-15-5-9-30(10-6-15)14-3-7-31(8-4-14)23(32)29-36(33,34)22-13-20(27)19(26)12-21(22)28/h1-2,11-15H,3-10H2,(H,29,32). The Balaban J connectivity index is 1.25. The maximum Gasteiger partial charge on any atom is 0.331 e. The minimum absolute atomic E-state index is 0.0627. The Bertz CT molecular complexity index is 1240. The predicted octanol–water partition coefficient (Wildman–Crippen LogP) is 5.33. The molecule has 36 heavy (non-hydrogen) atoms. The first kappa shape index (κ1) is 27.2. The average Bonchev–Trinajstić information content (AvgIpc) is 2.84. The fraction of sp³-hybridized carbons (Fsp3) is 0.435. The van der Waals surface area contributed by atoms with Gasteiger partial charge >= 0.3 is 6.03 Å². The van der Waals surface area contributed by atoms with Crippen molar-refractivity contribution in [2.45, 2.75) is 42.7 Å². The second-order valence-corrected chi connectivity index (χ2v) is 11.6. The summed E-state index contributed by atoms with van der Waals surface area (Å²) in [6, 6.07) is 5.58. The van der Waals surface area contributed by atoms with Crippen molar-refractivity contribution in [3.8, 4) is 5.75 Å². The van der Waals surface area contributed by atoms with Crippen LogP contribution in [0.15, 0.2) is 35.2 Å². The molecule has 0 bridgehead atoms. The number of rotatable bonds is 5. The Hall–Kier alpha value is -1.85. The van der Waals surface area contributed by atoms with Gasteiger partial charge in [-0.1, -0.05) is 34.8 Å². The maximum absolute atomic E-state index is 14.0. The molecule has 2 amide bonds. The molecule has 0 saturated carbocycles. The highest BCUT2D eigenvalue weighted by molar-refractivity contribution is 7.90. The summed E-state index contributed by atoms with van der Waals surface area (Å²) in [4.78, 5) is 15.3. The number of ether oxygens (including phenoxy) is 1. The summed E-state index contributed by atoms with van der Waals surface area (Å²) in [5.41, 5.74) is 0. The number of nitrogens with one attached hydrogen (secondary N) is 1. The first-order valence-electron chi connectivity index (χ1n) is 11.4. The van der Waals surface area contributed by atoms with Crippen LogP contribution in [-0.2, 0) is 10.0 Å².